The molecule has 2 aliphatic rings. The number of carboxylic acid groups (broad SMARTS) is 1. The smallest absolute Gasteiger partial charge is 0.429 e. The van der Waals surface area contributed by atoms with Crippen LogP contribution in [-0.4, -0.2) is 72.1 Å². The van der Waals surface area contributed by atoms with Gasteiger partial charge in [0.1, 0.15) is 18.2 Å². The van der Waals surface area contributed by atoms with Crippen LogP contribution in [0.25, 0.3) is 16.8 Å². The molecular weight excluding hydrogens is 603 g/mol. The molecule has 0 radical (unpaired) electrons. The number of piperidine rings is 1. The highest BCUT2D eigenvalue weighted by molar-refractivity contribution is 5.74. The SMILES string of the molecule is CCC1NC(C(=O)O)CC12CCN(c1cc(O[C@H](c3cc(-c4cncnc4)ccc3-n3ccc(C)n3)C(F)(F)F)nc(N)n1)CC2. The van der Waals surface area contributed by atoms with Crippen molar-refractivity contribution in [1.82, 2.24) is 35.0 Å². The molecule has 2 fully saturated rings. The number of nitrogens with zero attached hydrogens (tertiary/aromatic N) is 7. The van der Waals surface area contributed by atoms with Gasteiger partial charge in [0.05, 0.1) is 11.4 Å². The van der Waals surface area contributed by atoms with Crippen molar-refractivity contribution < 1.29 is 27.8 Å². The standard InChI is InChI=1S/C31H34F3N9O3/c1-3-24-30(14-22(38-24)28(44)45)7-10-42(11-8-30)25-13-26(40-29(35)39-25)46-27(31(32,33)34)21-12-19(20-15-36-17-37-16-20)4-5-23(21)43-9-6-18(2)41-43/h4-6,9,12-13,15-17,22,24,27,38H,3,7-8,10-11,14H2,1-2H3,(H,44,45)(H2,35,39,40)/t22?,24?,27-/m1/s1. The van der Waals surface area contributed by atoms with E-state index in [0.29, 0.717) is 55.0 Å². The fraction of sp³-hybridized carbons (Fsp3) is 0.419. The lowest BCUT2D eigenvalue weighted by Crippen LogP contribution is -2.46. The zero-order valence-corrected chi connectivity index (χ0v) is 25.3. The Balaban J connectivity index is 1.31. The number of nitrogen functional groups attached to an aromatic ring is 1. The number of benzene rings is 1. The van der Waals surface area contributed by atoms with Crippen molar-refractivity contribution in [2.45, 2.75) is 63.9 Å². The lowest BCUT2D eigenvalue weighted by Gasteiger charge is -2.43. The predicted octanol–water partition coefficient (Wildman–Crippen LogP) is 4.50. The number of aryl methyl sites for hydroxylation is 1. The third-order valence-corrected chi connectivity index (χ3v) is 8.96. The molecule has 15 heteroatoms. The molecular formula is C31H34F3N9O3. The number of carboxylic acids is 1. The summed E-state index contributed by atoms with van der Waals surface area (Å²) >= 11 is 0. The Morgan fingerprint density at radius 2 is 1.89 bits per heavy atom. The molecule has 1 spiro atoms. The first-order valence-electron chi connectivity index (χ1n) is 15.0. The van der Waals surface area contributed by atoms with E-state index in [1.807, 2.05) is 11.8 Å². The minimum Gasteiger partial charge on any atom is -0.480 e. The second-order valence-corrected chi connectivity index (χ2v) is 11.8. The molecule has 2 unspecified atom stereocenters. The van der Waals surface area contributed by atoms with Crippen LogP contribution in [0.3, 0.4) is 0 Å². The molecule has 6 rings (SSSR count). The average Bonchev–Trinajstić information content (AvgIpc) is 3.63. The van der Waals surface area contributed by atoms with Crippen LogP contribution < -0.4 is 20.7 Å². The Morgan fingerprint density at radius 1 is 1.15 bits per heavy atom. The summed E-state index contributed by atoms with van der Waals surface area (Å²) < 4.78 is 51.7. The Kier molecular flexibility index (Phi) is 8.27. The minimum absolute atomic E-state index is 0.0589. The molecule has 4 N–H and O–H groups in total. The van der Waals surface area contributed by atoms with Crippen LogP contribution in [0.1, 0.15) is 50.0 Å². The molecule has 2 aliphatic heterocycles. The number of halogens is 3. The van der Waals surface area contributed by atoms with E-state index >= 15 is 0 Å². The number of rotatable bonds is 8. The van der Waals surface area contributed by atoms with Gasteiger partial charge in [0.2, 0.25) is 17.9 Å². The summed E-state index contributed by atoms with van der Waals surface area (Å²) in [7, 11) is 0. The summed E-state index contributed by atoms with van der Waals surface area (Å²) in [6, 6.07) is 7.13. The molecule has 0 amide bonds. The molecule has 242 valence electrons. The molecule has 4 aromatic rings. The normalized spacial score (nSPS) is 20.2. The maximum atomic E-state index is 14.9. The van der Waals surface area contributed by atoms with Gasteiger partial charge < -0.3 is 25.8 Å². The van der Waals surface area contributed by atoms with Crippen molar-refractivity contribution in [2.75, 3.05) is 23.7 Å². The molecule has 12 nitrogen and oxygen atoms in total. The number of aliphatic carboxylic acids is 1. The molecule has 46 heavy (non-hydrogen) atoms. The van der Waals surface area contributed by atoms with Gasteiger partial charge in [-0.3, -0.25) is 4.79 Å². The maximum absolute atomic E-state index is 14.9. The van der Waals surface area contributed by atoms with Gasteiger partial charge in [-0.2, -0.15) is 28.2 Å². The van der Waals surface area contributed by atoms with Crippen molar-refractivity contribution in [3.8, 4) is 22.7 Å². The van der Waals surface area contributed by atoms with E-state index in [4.69, 9.17) is 10.5 Å². The fourth-order valence-electron chi connectivity index (χ4n) is 6.70. The zero-order chi connectivity index (χ0) is 32.6. The van der Waals surface area contributed by atoms with Crippen LogP contribution in [0.5, 0.6) is 5.88 Å². The second-order valence-electron chi connectivity index (χ2n) is 11.8. The molecule has 0 saturated carbocycles. The van der Waals surface area contributed by atoms with E-state index in [0.717, 1.165) is 6.42 Å². The number of hydrogen-bond acceptors (Lipinski definition) is 10. The van der Waals surface area contributed by atoms with Crippen LogP contribution in [0, 0.1) is 12.3 Å². The lowest BCUT2D eigenvalue weighted by molar-refractivity contribution is -0.198. The third-order valence-electron chi connectivity index (χ3n) is 8.96. The Morgan fingerprint density at radius 3 is 2.52 bits per heavy atom. The fourth-order valence-corrected chi connectivity index (χ4v) is 6.70. The molecule has 5 heterocycles. The lowest BCUT2D eigenvalue weighted by atomic mass is 9.71. The molecule has 1 aromatic carbocycles. The predicted molar refractivity (Wildman–Crippen MR) is 162 cm³/mol. The van der Waals surface area contributed by atoms with Crippen molar-refractivity contribution in [3.05, 3.63) is 66.5 Å². The van der Waals surface area contributed by atoms with Crippen LogP contribution >= 0.6 is 0 Å². The molecule has 0 bridgehead atoms. The summed E-state index contributed by atoms with van der Waals surface area (Å²) in [5.41, 5.74) is 7.42. The highest BCUT2D eigenvalue weighted by Gasteiger charge is 2.50. The Labute approximate surface area is 262 Å². The van der Waals surface area contributed by atoms with Crippen molar-refractivity contribution in [3.63, 3.8) is 0 Å². The Hall–Kier alpha value is -4.79. The van der Waals surface area contributed by atoms with Gasteiger partial charge in [0.15, 0.2) is 0 Å². The number of carbonyl (C=O) groups is 1. The van der Waals surface area contributed by atoms with Crippen LogP contribution in [0.15, 0.2) is 55.2 Å². The van der Waals surface area contributed by atoms with Gasteiger partial charge in [0.25, 0.3) is 0 Å². The van der Waals surface area contributed by atoms with E-state index in [-0.39, 0.29) is 34.5 Å². The number of aromatic nitrogens is 6. The minimum atomic E-state index is -4.86. The van der Waals surface area contributed by atoms with Gasteiger partial charge in [-0.1, -0.05) is 13.0 Å². The van der Waals surface area contributed by atoms with Gasteiger partial charge in [-0.15, -0.1) is 0 Å². The average molecular weight is 638 g/mol. The number of ether oxygens (including phenoxy) is 1. The summed E-state index contributed by atoms with van der Waals surface area (Å²) in [6.07, 6.45) is 1.35. The molecule has 2 saturated heterocycles. The zero-order valence-electron chi connectivity index (χ0n) is 25.3. The van der Waals surface area contributed by atoms with Crippen LogP contribution in [0.2, 0.25) is 0 Å². The third kappa shape index (κ3) is 6.18. The van der Waals surface area contributed by atoms with E-state index in [1.54, 1.807) is 31.3 Å². The summed E-state index contributed by atoms with van der Waals surface area (Å²) in [6.45, 7) is 4.82. The molecule has 0 aliphatic carbocycles. The molecule has 3 atom stereocenters. The molecule has 3 aromatic heterocycles. The highest BCUT2D eigenvalue weighted by Crippen LogP contribution is 2.46. The van der Waals surface area contributed by atoms with Crippen LogP contribution in [-0.2, 0) is 4.79 Å². The van der Waals surface area contributed by atoms with Gasteiger partial charge in [-0.25, -0.2) is 14.6 Å². The number of nitrogens with two attached hydrogens (primary N) is 1. The van der Waals surface area contributed by atoms with E-state index in [9.17, 15) is 23.1 Å². The number of anilines is 2. The van der Waals surface area contributed by atoms with Crippen molar-refractivity contribution in [1.29, 1.82) is 0 Å². The number of alkyl halides is 3. The van der Waals surface area contributed by atoms with Crippen molar-refractivity contribution in [2.24, 2.45) is 5.41 Å². The monoisotopic (exact) mass is 637 g/mol. The van der Waals surface area contributed by atoms with Crippen molar-refractivity contribution >= 4 is 17.7 Å². The first-order chi connectivity index (χ1) is 22.0. The summed E-state index contributed by atoms with van der Waals surface area (Å²) in [4.78, 5) is 29.9. The highest BCUT2D eigenvalue weighted by atomic mass is 19.4. The van der Waals surface area contributed by atoms with E-state index in [2.05, 4.69) is 30.4 Å². The topological polar surface area (TPSA) is 157 Å². The van der Waals surface area contributed by atoms with Crippen LogP contribution in [0.4, 0.5) is 24.9 Å². The first-order valence-corrected chi connectivity index (χ1v) is 15.0. The van der Waals surface area contributed by atoms with Gasteiger partial charge in [0, 0.05) is 54.9 Å². The quantitative estimate of drug-likeness (QED) is 0.250. The largest absolute Gasteiger partial charge is 0.480 e. The first kappa shape index (κ1) is 31.2. The maximum Gasteiger partial charge on any atom is 0.429 e. The number of hydrogen-bond donors (Lipinski definition) is 3. The van der Waals surface area contributed by atoms with Gasteiger partial charge >= 0.3 is 12.1 Å². The second kappa shape index (κ2) is 12.2. The summed E-state index contributed by atoms with van der Waals surface area (Å²) in [5, 5.41) is 17.2. The Bertz CT molecular complexity index is 1710. The van der Waals surface area contributed by atoms with Gasteiger partial charge in [-0.05, 0) is 61.8 Å². The number of nitrogens with one attached hydrogen (secondary N) is 1. The van der Waals surface area contributed by atoms with E-state index < -0.39 is 24.3 Å². The van der Waals surface area contributed by atoms with E-state index in [1.165, 1.54) is 35.5 Å². The summed E-state index contributed by atoms with van der Waals surface area (Å²) in [5.74, 6) is -1.09.